The second-order valence-corrected chi connectivity index (χ2v) is 7.29. The van der Waals surface area contributed by atoms with Crippen LogP contribution in [0.15, 0.2) is 47.7 Å². The Morgan fingerprint density at radius 3 is 2.79 bits per heavy atom. The SMILES string of the molecule is CN(C)C(=O)CNC(=NCc1ccccc1Cn1cccn1)NCC1CCCO1. The van der Waals surface area contributed by atoms with E-state index in [4.69, 9.17) is 9.73 Å². The first-order chi connectivity index (χ1) is 14.1. The molecule has 2 aromatic rings. The highest BCUT2D eigenvalue weighted by Gasteiger charge is 2.16. The molecular formula is C21H30N6O2. The van der Waals surface area contributed by atoms with Gasteiger partial charge in [0.2, 0.25) is 5.91 Å². The van der Waals surface area contributed by atoms with E-state index >= 15 is 0 Å². The van der Waals surface area contributed by atoms with Crippen molar-refractivity contribution >= 4 is 11.9 Å². The van der Waals surface area contributed by atoms with Gasteiger partial charge >= 0.3 is 0 Å². The number of amides is 1. The molecule has 2 N–H and O–H groups in total. The molecule has 156 valence electrons. The molecular weight excluding hydrogens is 368 g/mol. The molecule has 0 spiro atoms. The van der Waals surface area contributed by atoms with Gasteiger partial charge in [-0.3, -0.25) is 9.48 Å². The first-order valence-corrected chi connectivity index (χ1v) is 10.00. The quantitative estimate of drug-likeness (QED) is 0.516. The summed E-state index contributed by atoms with van der Waals surface area (Å²) in [6.45, 7) is 2.89. The lowest BCUT2D eigenvalue weighted by atomic mass is 10.1. The molecule has 1 saturated heterocycles. The average molecular weight is 399 g/mol. The van der Waals surface area contributed by atoms with Crippen molar-refractivity contribution in [2.24, 2.45) is 4.99 Å². The van der Waals surface area contributed by atoms with E-state index < -0.39 is 0 Å². The Hall–Kier alpha value is -2.87. The van der Waals surface area contributed by atoms with E-state index in [1.54, 1.807) is 25.2 Å². The molecule has 2 heterocycles. The summed E-state index contributed by atoms with van der Waals surface area (Å²) in [5.74, 6) is 0.611. The molecule has 1 atom stereocenters. The summed E-state index contributed by atoms with van der Waals surface area (Å²) < 4.78 is 7.57. The number of rotatable bonds is 8. The molecule has 1 aliphatic rings. The number of nitrogens with one attached hydrogen (secondary N) is 2. The minimum absolute atomic E-state index is 0.00398. The molecule has 8 heteroatoms. The van der Waals surface area contributed by atoms with Crippen molar-refractivity contribution in [3.63, 3.8) is 0 Å². The predicted molar refractivity (Wildman–Crippen MR) is 113 cm³/mol. The average Bonchev–Trinajstić information content (AvgIpc) is 3.42. The third-order valence-corrected chi connectivity index (χ3v) is 4.84. The summed E-state index contributed by atoms with van der Waals surface area (Å²) in [4.78, 5) is 18.2. The lowest BCUT2D eigenvalue weighted by Crippen LogP contribution is -2.45. The van der Waals surface area contributed by atoms with Crippen LogP contribution in [0.1, 0.15) is 24.0 Å². The molecule has 8 nitrogen and oxygen atoms in total. The van der Waals surface area contributed by atoms with Gasteiger partial charge in [0.1, 0.15) is 0 Å². The summed E-state index contributed by atoms with van der Waals surface area (Å²) >= 11 is 0. The molecule has 1 aromatic heterocycles. The lowest BCUT2D eigenvalue weighted by Gasteiger charge is -2.17. The van der Waals surface area contributed by atoms with E-state index in [1.807, 2.05) is 29.1 Å². The monoisotopic (exact) mass is 398 g/mol. The van der Waals surface area contributed by atoms with Gasteiger partial charge < -0.3 is 20.3 Å². The second kappa shape index (κ2) is 10.6. The maximum Gasteiger partial charge on any atom is 0.241 e. The third kappa shape index (κ3) is 6.60. The van der Waals surface area contributed by atoms with Crippen LogP contribution >= 0.6 is 0 Å². The number of ether oxygens (including phenoxy) is 1. The van der Waals surface area contributed by atoms with E-state index in [0.29, 0.717) is 25.6 Å². The highest BCUT2D eigenvalue weighted by Crippen LogP contribution is 2.12. The van der Waals surface area contributed by atoms with Gasteiger partial charge in [0.05, 0.1) is 25.7 Å². The van der Waals surface area contributed by atoms with Gasteiger partial charge in [-0.2, -0.15) is 5.10 Å². The summed E-state index contributed by atoms with van der Waals surface area (Å²) in [6, 6.07) is 10.1. The van der Waals surface area contributed by atoms with Crippen molar-refractivity contribution in [1.29, 1.82) is 0 Å². The first kappa shape index (κ1) is 20.9. The van der Waals surface area contributed by atoms with Crippen molar-refractivity contribution < 1.29 is 9.53 Å². The normalized spacial score (nSPS) is 16.6. The van der Waals surface area contributed by atoms with Gasteiger partial charge in [-0.1, -0.05) is 24.3 Å². The van der Waals surface area contributed by atoms with Gasteiger partial charge in [0.25, 0.3) is 0 Å². The van der Waals surface area contributed by atoms with Gasteiger partial charge in [0.15, 0.2) is 5.96 Å². The van der Waals surface area contributed by atoms with Crippen molar-refractivity contribution in [3.05, 3.63) is 53.9 Å². The largest absolute Gasteiger partial charge is 0.376 e. The number of guanidine groups is 1. The van der Waals surface area contributed by atoms with Crippen LogP contribution in [0, 0.1) is 0 Å². The summed E-state index contributed by atoms with van der Waals surface area (Å²) in [5, 5.41) is 10.7. The zero-order valence-electron chi connectivity index (χ0n) is 17.2. The molecule has 1 aromatic carbocycles. The van der Waals surface area contributed by atoms with Crippen LogP contribution in [0.3, 0.4) is 0 Å². The van der Waals surface area contributed by atoms with E-state index in [1.165, 1.54) is 5.56 Å². The Balaban J connectivity index is 1.66. The fourth-order valence-electron chi connectivity index (χ4n) is 3.11. The molecule has 0 aliphatic carbocycles. The van der Waals surface area contributed by atoms with E-state index in [-0.39, 0.29) is 18.6 Å². The highest BCUT2D eigenvalue weighted by atomic mass is 16.5. The molecule has 0 bridgehead atoms. The summed E-state index contributed by atoms with van der Waals surface area (Å²) in [7, 11) is 3.48. The van der Waals surface area contributed by atoms with Crippen LogP contribution in [0.5, 0.6) is 0 Å². The Morgan fingerprint density at radius 2 is 2.10 bits per heavy atom. The maximum atomic E-state index is 12.0. The molecule has 1 amide bonds. The summed E-state index contributed by atoms with van der Waals surface area (Å²) in [5.41, 5.74) is 2.29. The molecule has 1 unspecified atom stereocenters. The lowest BCUT2D eigenvalue weighted by molar-refractivity contribution is -0.127. The zero-order valence-corrected chi connectivity index (χ0v) is 17.2. The zero-order chi connectivity index (χ0) is 20.5. The fourth-order valence-corrected chi connectivity index (χ4v) is 3.11. The minimum atomic E-state index is -0.00398. The van der Waals surface area contributed by atoms with Crippen LogP contribution in [0.2, 0.25) is 0 Å². The van der Waals surface area contributed by atoms with Crippen LogP contribution < -0.4 is 10.6 Å². The van der Waals surface area contributed by atoms with Crippen molar-refractivity contribution in [2.45, 2.75) is 32.0 Å². The topological polar surface area (TPSA) is 83.8 Å². The smallest absolute Gasteiger partial charge is 0.241 e. The molecule has 1 fully saturated rings. The number of hydrogen-bond acceptors (Lipinski definition) is 4. The first-order valence-electron chi connectivity index (χ1n) is 10.00. The Labute approximate surface area is 171 Å². The van der Waals surface area contributed by atoms with Gasteiger partial charge in [-0.25, -0.2) is 4.99 Å². The Kier molecular flexibility index (Phi) is 7.63. The molecule has 1 aliphatic heterocycles. The van der Waals surface area contributed by atoms with Crippen molar-refractivity contribution in [1.82, 2.24) is 25.3 Å². The van der Waals surface area contributed by atoms with E-state index in [0.717, 1.165) is 25.0 Å². The molecule has 29 heavy (non-hydrogen) atoms. The number of nitrogens with zero attached hydrogens (tertiary/aromatic N) is 4. The number of hydrogen-bond donors (Lipinski definition) is 2. The van der Waals surface area contributed by atoms with Crippen molar-refractivity contribution in [3.8, 4) is 0 Å². The van der Waals surface area contributed by atoms with E-state index in [9.17, 15) is 4.79 Å². The van der Waals surface area contributed by atoms with Crippen molar-refractivity contribution in [2.75, 3.05) is 33.8 Å². The maximum absolute atomic E-state index is 12.0. The minimum Gasteiger partial charge on any atom is -0.376 e. The Morgan fingerprint density at radius 1 is 1.28 bits per heavy atom. The van der Waals surface area contributed by atoms with Crippen LogP contribution in [-0.4, -0.2) is 66.4 Å². The van der Waals surface area contributed by atoms with E-state index in [2.05, 4.69) is 27.9 Å². The van der Waals surface area contributed by atoms with Gasteiger partial charge in [0, 0.05) is 39.6 Å². The fraction of sp³-hybridized carbons (Fsp3) is 0.476. The van der Waals surface area contributed by atoms with Crippen LogP contribution in [-0.2, 0) is 22.6 Å². The number of aromatic nitrogens is 2. The number of likely N-dealkylation sites (N-methyl/N-ethyl adjacent to an activating group) is 1. The third-order valence-electron chi connectivity index (χ3n) is 4.84. The molecule has 0 saturated carbocycles. The number of benzene rings is 1. The number of carbonyl (C=O) groups excluding carboxylic acids is 1. The predicted octanol–water partition coefficient (Wildman–Crippen LogP) is 1.23. The molecule has 0 radical (unpaired) electrons. The molecule has 3 rings (SSSR count). The second-order valence-electron chi connectivity index (χ2n) is 7.29. The number of aliphatic imine (C=N–C) groups is 1. The Bertz CT molecular complexity index is 797. The number of carbonyl (C=O) groups is 1. The standard InChI is InChI=1S/C21H30N6O2/c1-26(2)20(28)15-24-21(23-14-19-9-5-12-29-19)22-13-17-7-3-4-8-18(17)16-27-11-6-10-25-27/h3-4,6-8,10-11,19H,5,9,12-16H2,1-2H3,(H2,22,23,24). The highest BCUT2D eigenvalue weighted by molar-refractivity contribution is 5.86. The van der Waals surface area contributed by atoms with Crippen LogP contribution in [0.25, 0.3) is 0 Å². The van der Waals surface area contributed by atoms with Crippen LogP contribution in [0.4, 0.5) is 0 Å². The van der Waals surface area contributed by atoms with Gasteiger partial charge in [-0.05, 0) is 30.0 Å². The van der Waals surface area contributed by atoms with Gasteiger partial charge in [-0.15, -0.1) is 0 Å². The summed E-state index contributed by atoms with van der Waals surface area (Å²) in [6.07, 6.45) is 6.05.